The van der Waals surface area contributed by atoms with Gasteiger partial charge in [-0.2, -0.15) is 0 Å². The average molecular weight is 443 g/mol. The minimum atomic E-state index is -0.244. The van der Waals surface area contributed by atoms with E-state index in [9.17, 15) is 10.2 Å². The van der Waals surface area contributed by atoms with E-state index in [1.807, 2.05) is 0 Å². The Kier molecular flexibility index (Phi) is 4.87. The lowest BCUT2D eigenvalue weighted by Gasteiger charge is -2.72. The molecule has 32 heavy (non-hydrogen) atoms. The van der Waals surface area contributed by atoms with Crippen LogP contribution in [0.5, 0.6) is 0 Å². The summed E-state index contributed by atoms with van der Waals surface area (Å²) < 4.78 is 0. The zero-order valence-electron chi connectivity index (χ0n) is 22.2. The zero-order chi connectivity index (χ0) is 23.5. The molecule has 0 spiro atoms. The molecule has 0 bridgehead atoms. The summed E-state index contributed by atoms with van der Waals surface area (Å²) in [6.07, 6.45) is 12.6. The van der Waals surface area contributed by atoms with E-state index in [-0.39, 0.29) is 39.3 Å². The van der Waals surface area contributed by atoms with Gasteiger partial charge in [0.1, 0.15) is 0 Å². The summed E-state index contributed by atoms with van der Waals surface area (Å²) >= 11 is 0. The van der Waals surface area contributed by atoms with Gasteiger partial charge in [-0.05, 0) is 103 Å². The van der Waals surface area contributed by atoms with Gasteiger partial charge in [-0.25, -0.2) is 0 Å². The van der Waals surface area contributed by atoms with Gasteiger partial charge >= 0.3 is 0 Å². The smallest absolute Gasteiger partial charge is 0.0641 e. The monoisotopic (exact) mass is 442 g/mol. The van der Waals surface area contributed by atoms with Gasteiger partial charge in [0.2, 0.25) is 0 Å². The second-order valence-electron chi connectivity index (χ2n) is 15.3. The molecule has 0 saturated heterocycles. The molecule has 2 N–H and O–H groups in total. The van der Waals surface area contributed by atoms with Crippen LogP contribution in [0.3, 0.4) is 0 Å². The summed E-state index contributed by atoms with van der Waals surface area (Å²) in [5.74, 6) is 1.77. The molecule has 2 nitrogen and oxygen atoms in total. The molecule has 5 rings (SSSR count). The van der Waals surface area contributed by atoms with E-state index in [4.69, 9.17) is 0 Å². The highest BCUT2D eigenvalue weighted by Gasteiger charge is 2.69. The third-order valence-corrected chi connectivity index (χ3v) is 13.1. The number of aliphatic hydroxyl groups excluding tert-OH is 2. The lowest BCUT2D eigenvalue weighted by atomic mass is 9.33. The maximum atomic E-state index is 11.9. The van der Waals surface area contributed by atoms with Gasteiger partial charge in [0.05, 0.1) is 12.2 Å². The van der Waals surface area contributed by atoms with Crippen molar-refractivity contribution in [1.29, 1.82) is 0 Å². The molecule has 3 unspecified atom stereocenters. The second-order valence-corrected chi connectivity index (χ2v) is 15.3. The fourth-order valence-corrected chi connectivity index (χ4v) is 10.6. The highest BCUT2D eigenvalue weighted by Crippen LogP contribution is 2.75. The van der Waals surface area contributed by atoms with Crippen molar-refractivity contribution in [2.24, 2.45) is 50.2 Å². The first-order valence-electron chi connectivity index (χ1n) is 13.7. The minimum Gasteiger partial charge on any atom is -0.393 e. The van der Waals surface area contributed by atoms with Crippen LogP contribution < -0.4 is 0 Å². The molecular weight excluding hydrogens is 392 g/mol. The van der Waals surface area contributed by atoms with E-state index < -0.39 is 0 Å². The van der Waals surface area contributed by atoms with Crippen LogP contribution in [0, 0.1) is 50.2 Å². The highest BCUT2D eigenvalue weighted by atomic mass is 16.3. The summed E-state index contributed by atoms with van der Waals surface area (Å²) in [6, 6.07) is 0. The third-order valence-electron chi connectivity index (χ3n) is 13.1. The average Bonchev–Trinajstić information content (AvgIpc) is 2.68. The van der Waals surface area contributed by atoms with Crippen LogP contribution in [0.15, 0.2) is 11.6 Å². The molecule has 0 aromatic heterocycles. The van der Waals surface area contributed by atoms with Crippen LogP contribution in [0.4, 0.5) is 0 Å². The molecule has 4 fully saturated rings. The van der Waals surface area contributed by atoms with Gasteiger partial charge in [0.15, 0.2) is 0 Å². The normalized spacial score (nSPS) is 56.2. The zero-order valence-corrected chi connectivity index (χ0v) is 22.2. The van der Waals surface area contributed by atoms with Gasteiger partial charge < -0.3 is 10.2 Å². The Morgan fingerprint density at radius 2 is 1.44 bits per heavy atom. The van der Waals surface area contributed by atoms with Crippen molar-refractivity contribution < 1.29 is 10.2 Å². The number of rotatable bonds is 0. The predicted molar refractivity (Wildman–Crippen MR) is 132 cm³/mol. The standard InChI is InChI=1S/C30H50O2/c1-25(2)15-16-27(5)18-24(32)30(8)19(20(27)17-25)9-10-22-28(6)13-12-23(31)26(3,4)21(28)11-14-29(22,30)7/h9,20-24,31-32H,10-18H2,1-8H3/t20-,21?,22-,23?,24?,27-,28+,29-,30+/m1/s1. The van der Waals surface area contributed by atoms with E-state index in [1.165, 1.54) is 38.5 Å². The van der Waals surface area contributed by atoms with E-state index >= 15 is 0 Å². The quantitative estimate of drug-likeness (QED) is 0.391. The molecule has 0 radical (unpaired) electrons. The first kappa shape index (κ1) is 23.4. The largest absolute Gasteiger partial charge is 0.393 e. The van der Waals surface area contributed by atoms with Crippen LogP contribution in [-0.2, 0) is 0 Å². The predicted octanol–water partition coefficient (Wildman–Crippen LogP) is 7.14. The van der Waals surface area contributed by atoms with Crippen LogP contribution in [0.2, 0.25) is 0 Å². The molecule has 9 atom stereocenters. The van der Waals surface area contributed by atoms with E-state index in [1.54, 1.807) is 5.57 Å². The van der Waals surface area contributed by atoms with Crippen LogP contribution in [-0.4, -0.2) is 22.4 Å². The van der Waals surface area contributed by atoms with Crippen molar-refractivity contribution in [2.45, 2.75) is 125 Å². The molecular formula is C30H50O2. The Bertz CT molecular complexity index is 825. The lowest BCUT2D eigenvalue weighted by Crippen LogP contribution is -2.67. The summed E-state index contributed by atoms with van der Waals surface area (Å²) in [6.45, 7) is 19.6. The van der Waals surface area contributed by atoms with Crippen LogP contribution in [0.25, 0.3) is 0 Å². The Morgan fingerprint density at radius 3 is 2.12 bits per heavy atom. The Balaban J connectivity index is 1.61. The number of hydrogen-bond donors (Lipinski definition) is 2. The van der Waals surface area contributed by atoms with Gasteiger partial charge in [-0.1, -0.05) is 67.0 Å². The van der Waals surface area contributed by atoms with Crippen molar-refractivity contribution in [2.75, 3.05) is 0 Å². The number of hydrogen-bond acceptors (Lipinski definition) is 2. The molecule has 0 amide bonds. The Labute approximate surface area is 197 Å². The van der Waals surface area contributed by atoms with E-state index in [2.05, 4.69) is 61.5 Å². The van der Waals surface area contributed by atoms with E-state index in [0.717, 1.165) is 19.3 Å². The molecule has 0 aromatic rings. The van der Waals surface area contributed by atoms with Crippen molar-refractivity contribution in [1.82, 2.24) is 0 Å². The van der Waals surface area contributed by atoms with Crippen molar-refractivity contribution in [3.05, 3.63) is 11.6 Å². The van der Waals surface area contributed by atoms with Gasteiger partial charge in [-0.15, -0.1) is 0 Å². The maximum absolute atomic E-state index is 11.9. The molecule has 0 aromatic carbocycles. The van der Waals surface area contributed by atoms with Crippen molar-refractivity contribution in [3.8, 4) is 0 Å². The van der Waals surface area contributed by atoms with Crippen LogP contribution >= 0.6 is 0 Å². The van der Waals surface area contributed by atoms with Gasteiger partial charge in [0.25, 0.3) is 0 Å². The van der Waals surface area contributed by atoms with Gasteiger partial charge in [-0.3, -0.25) is 0 Å². The molecule has 0 heterocycles. The lowest BCUT2D eigenvalue weighted by molar-refractivity contribution is -0.223. The second kappa shape index (κ2) is 6.66. The summed E-state index contributed by atoms with van der Waals surface area (Å²) in [5.41, 5.74) is 2.51. The van der Waals surface area contributed by atoms with E-state index in [0.29, 0.717) is 23.2 Å². The third kappa shape index (κ3) is 2.72. The number of allylic oxidation sites excluding steroid dienone is 1. The molecule has 0 aliphatic heterocycles. The van der Waals surface area contributed by atoms with Crippen LogP contribution in [0.1, 0.15) is 113 Å². The topological polar surface area (TPSA) is 40.5 Å². The fraction of sp³-hybridized carbons (Fsp3) is 0.933. The maximum Gasteiger partial charge on any atom is 0.0641 e. The summed E-state index contributed by atoms with van der Waals surface area (Å²) in [5, 5.41) is 22.8. The molecule has 5 aliphatic rings. The summed E-state index contributed by atoms with van der Waals surface area (Å²) in [4.78, 5) is 0. The molecule has 2 heteroatoms. The molecule has 5 aliphatic carbocycles. The molecule has 4 saturated carbocycles. The Morgan fingerprint density at radius 1 is 0.750 bits per heavy atom. The van der Waals surface area contributed by atoms with Gasteiger partial charge in [0, 0.05) is 5.41 Å². The highest BCUT2D eigenvalue weighted by molar-refractivity contribution is 5.35. The molecule has 182 valence electrons. The summed E-state index contributed by atoms with van der Waals surface area (Å²) in [7, 11) is 0. The van der Waals surface area contributed by atoms with Crippen molar-refractivity contribution >= 4 is 0 Å². The first-order valence-corrected chi connectivity index (χ1v) is 13.7. The number of fused-ring (bicyclic) bond motifs is 7. The minimum absolute atomic E-state index is 0.0175. The van der Waals surface area contributed by atoms with Crippen molar-refractivity contribution in [3.63, 3.8) is 0 Å². The SMILES string of the molecule is CC1(C)CC[C@]2(C)CC(O)[C@]3(C)C(=CC[C@@H]4[C@@]5(C)CCC(O)C(C)(C)C5CC[C@]43C)[C@H]2C1. The first-order chi connectivity index (χ1) is 14.6. The Hall–Kier alpha value is -0.340. The fourth-order valence-electron chi connectivity index (χ4n) is 10.6. The number of aliphatic hydroxyl groups is 2.